The molecule has 1 amide bonds. The smallest absolute Gasteiger partial charge is 0.230 e. The van der Waals surface area contributed by atoms with Gasteiger partial charge in [0.2, 0.25) is 5.91 Å². The number of hydrogen-bond donors (Lipinski definition) is 1. The number of nitriles is 1. The molecule has 4 heteroatoms. The molecule has 1 fully saturated rings. The number of carbonyl (C=O) groups excluding carboxylic acids is 1. The Labute approximate surface area is 63.8 Å². The molecule has 0 radical (unpaired) electrons. The van der Waals surface area contributed by atoms with Gasteiger partial charge in [0.15, 0.2) is 0 Å². The Morgan fingerprint density at radius 2 is 2.70 bits per heavy atom. The Hall–Kier alpha value is -0.690. The van der Waals surface area contributed by atoms with Gasteiger partial charge >= 0.3 is 0 Å². The Kier molecular flexibility index (Phi) is 2.57. The zero-order valence-electron chi connectivity index (χ0n) is 5.46. The standard InChI is InChI=1S/C6H8N2OS/c7-2-1-5-3-8-6(9)4-10-5/h5H,1,3-4H2,(H,8,9). The first-order valence-corrected chi connectivity index (χ1v) is 4.13. The highest BCUT2D eigenvalue weighted by molar-refractivity contribution is 8.00. The molecule has 0 aromatic rings. The number of hydrogen-bond acceptors (Lipinski definition) is 3. The second-order valence-electron chi connectivity index (χ2n) is 2.10. The van der Waals surface area contributed by atoms with E-state index in [2.05, 4.69) is 11.4 Å². The Balaban J connectivity index is 2.27. The lowest BCUT2D eigenvalue weighted by Crippen LogP contribution is -2.37. The summed E-state index contributed by atoms with van der Waals surface area (Å²) < 4.78 is 0. The fraction of sp³-hybridized carbons (Fsp3) is 0.667. The van der Waals surface area contributed by atoms with Crippen LogP contribution in [-0.4, -0.2) is 23.5 Å². The van der Waals surface area contributed by atoms with Crippen molar-refractivity contribution in [3.63, 3.8) is 0 Å². The molecule has 54 valence electrons. The molecule has 0 bridgehead atoms. The fourth-order valence-corrected chi connectivity index (χ4v) is 1.65. The average Bonchev–Trinajstić information content (AvgIpc) is 1.95. The largest absolute Gasteiger partial charge is 0.354 e. The third-order valence-electron chi connectivity index (χ3n) is 1.30. The lowest BCUT2D eigenvalue weighted by molar-refractivity contribution is -0.118. The maximum absolute atomic E-state index is 10.6. The van der Waals surface area contributed by atoms with Crippen LogP contribution in [-0.2, 0) is 4.79 Å². The van der Waals surface area contributed by atoms with Crippen LogP contribution in [0, 0.1) is 11.3 Å². The van der Waals surface area contributed by atoms with Crippen LogP contribution in [0.2, 0.25) is 0 Å². The summed E-state index contributed by atoms with van der Waals surface area (Å²) in [6, 6.07) is 2.08. The lowest BCUT2D eigenvalue weighted by Gasteiger charge is -2.18. The first-order valence-electron chi connectivity index (χ1n) is 3.08. The van der Waals surface area contributed by atoms with E-state index in [9.17, 15) is 4.79 Å². The number of nitrogens with one attached hydrogen (secondary N) is 1. The number of rotatable bonds is 1. The highest BCUT2D eigenvalue weighted by atomic mass is 32.2. The van der Waals surface area contributed by atoms with E-state index in [1.807, 2.05) is 0 Å². The molecule has 0 spiro atoms. The van der Waals surface area contributed by atoms with Gasteiger partial charge in [0.05, 0.1) is 11.8 Å². The zero-order chi connectivity index (χ0) is 7.40. The third kappa shape index (κ3) is 1.92. The monoisotopic (exact) mass is 156 g/mol. The molecule has 0 aromatic carbocycles. The maximum atomic E-state index is 10.6. The molecule has 1 heterocycles. The van der Waals surface area contributed by atoms with E-state index >= 15 is 0 Å². The molecule has 1 aliphatic rings. The Bertz CT molecular complexity index is 165. The van der Waals surface area contributed by atoms with Gasteiger partial charge in [-0.1, -0.05) is 0 Å². The molecule has 1 atom stereocenters. The van der Waals surface area contributed by atoms with Gasteiger partial charge in [-0.25, -0.2) is 0 Å². The summed E-state index contributed by atoms with van der Waals surface area (Å²) in [6.07, 6.45) is 0.533. The predicted octanol–water partition coefficient (Wildman–Crippen LogP) is 0.132. The van der Waals surface area contributed by atoms with Crippen LogP contribution in [0.25, 0.3) is 0 Å². The molecular weight excluding hydrogens is 148 g/mol. The Morgan fingerprint density at radius 1 is 1.90 bits per heavy atom. The van der Waals surface area contributed by atoms with Crippen molar-refractivity contribution in [2.75, 3.05) is 12.3 Å². The van der Waals surface area contributed by atoms with Crippen LogP contribution in [0.5, 0.6) is 0 Å². The summed E-state index contributed by atoms with van der Waals surface area (Å²) in [5.41, 5.74) is 0. The second kappa shape index (κ2) is 3.47. The number of amides is 1. The molecule has 0 aliphatic carbocycles. The van der Waals surface area contributed by atoms with Crippen molar-refractivity contribution in [1.82, 2.24) is 5.32 Å². The predicted molar refractivity (Wildman–Crippen MR) is 39.5 cm³/mol. The molecule has 1 saturated heterocycles. The highest BCUT2D eigenvalue weighted by Crippen LogP contribution is 2.16. The van der Waals surface area contributed by atoms with E-state index in [-0.39, 0.29) is 5.91 Å². The number of nitrogens with zero attached hydrogens (tertiary/aromatic N) is 1. The normalized spacial score (nSPS) is 25.1. The topological polar surface area (TPSA) is 52.9 Å². The quantitative estimate of drug-likeness (QED) is 0.587. The van der Waals surface area contributed by atoms with E-state index in [1.54, 1.807) is 11.8 Å². The van der Waals surface area contributed by atoms with Crippen LogP contribution < -0.4 is 5.32 Å². The van der Waals surface area contributed by atoms with Crippen molar-refractivity contribution in [3.05, 3.63) is 0 Å². The average molecular weight is 156 g/mol. The van der Waals surface area contributed by atoms with Crippen molar-refractivity contribution in [2.24, 2.45) is 0 Å². The van der Waals surface area contributed by atoms with Crippen LogP contribution in [0.1, 0.15) is 6.42 Å². The third-order valence-corrected chi connectivity index (χ3v) is 2.53. The minimum atomic E-state index is 0.0826. The van der Waals surface area contributed by atoms with Gasteiger partial charge in [0.25, 0.3) is 0 Å². The van der Waals surface area contributed by atoms with Crippen molar-refractivity contribution in [2.45, 2.75) is 11.7 Å². The number of thioether (sulfide) groups is 1. The van der Waals surface area contributed by atoms with Crippen LogP contribution in [0.3, 0.4) is 0 Å². The maximum Gasteiger partial charge on any atom is 0.230 e. The molecular formula is C6H8N2OS. The molecule has 0 aromatic heterocycles. The first kappa shape index (κ1) is 7.42. The van der Waals surface area contributed by atoms with E-state index in [0.29, 0.717) is 24.0 Å². The van der Waals surface area contributed by atoms with Gasteiger partial charge in [-0.15, -0.1) is 11.8 Å². The molecule has 1 aliphatic heterocycles. The summed E-state index contributed by atoms with van der Waals surface area (Å²) in [6.45, 7) is 0.650. The lowest BCUT2D eigenvalue weighted by atomic mass is 10.3. The van der Waals surface area contributed by atoms with Gasteiger partial charge in [0.1, 0.15) is 0 Å². The summed E-state index contributed by atoms with van der Waals surface area (Å²) in [5.74, 6) is 0.589. The highest BCUT2D eigenvalue weighted by Gasteiger charge is 2.17. The van der Waals surface area contributed by atoms with Gasteiger partial charge in [-0.05, 0) is 0 Å². The minimum absolute atomic E-state index is 0.0826. The summed E-state index contributed by atoms with van der Waals surface area (Å²) in [5, 5.41) is 11.3. The summed E-state index contributed by atoms with van der Waals surface area (Å²) in [7, 11) is 0. The van der Waals surface area contributed by atoms with Crippen LogP contribution in [0.4, 0.5) is 0 Å². The van der Waals surface area contributed by atoms with Crippen molar-refractivity contribution in [3.8, 4) is 6.07 Å². The molecule has 1 unspecified atom stereocenters. The van der Waals surface area contributed by atoms with Gasteiger partial charge in [-0.3, -0.25) is 4.79 Å². The van der Waals surface area contributed by atoms with E-state index < -0.39 is 0 Å². The van der Waals surface area contributed by atoms with Gasteiger partial charge in [-0.2, -0.15) is 5.26 Å². The van der Waals surface area contributed by atoms with E-state index in [0.717, 1.165) is 0 Å². The molecule has 1 rings (SSSR count). The van der Waals surface area contributed by atoms with Gasteiger partial charge in [0, 0.05) is 18.2 Å². The summed E-state index contributed by atoms with van der Waals surface area (Å²) >= 11 is 1.56. The summed E-state index contributed by atoms with van der Waals surface area (Å²) in [4.78, 5) is 10.6. The van der Waals surface area contributed by atoms with Crippen LogP contribution in [0.15, 0.2) is 0 Å². The molecule has 1 N–H and O–H groups in total. The zero-order valence-corrected chi connectivity index (χ0v) is 6.28. The molecule has 3 nitrogen and oxygen atoms in total. The minimum Gasteiger partial charge on any atom is -0.354 e. The van der Waals surface area contributed by atoms with Gasteiger partial charge < -0.3 is 5.32 Å². The first-order chi connectivity index (χ1) is 4.83. The molecule has 10 heavy (non-hydrogen) atoms. The number of carbonyl (C=O) groups is 1. The fourth-order valence-electron chi connectivity index (χ4n) is 0.764. The van der Waals surface area contributed by atoms with E-state index in [1.165, 1.54) is 0 Å². The van der Waals surface area contributed by atoms with Crippen molar-refractivity contribution < 1.29 is 4.79 Å². The van der Waals surface area contributed by atoms with Crippen molar-refractivity contribution in [1.29, 1.82) is 5.26 Å². The van der Waals surface area contributed by atoms with Crippen molar-refractivity contribution >= 4 is 17.7 Å². The second-order valence-corrected chi connectivity index (χ2v) is 3.39. The Morgan fingerprint density at radius 3 is 3.20 bits per heavy atom. The molecule has 0 saturated carbocycles. The van der Waals surface area contributed by atoms with E-state index in [4.69, 9.17) is 5.26 Å². The van der Waals surface area contributed by atoms with Crippen LogP contribution >= 0.6 is 11.8 Å². The SMILES string of the molecule is N#CCC1CNC(=O)CS1.